The SMILES string of the molecule is ON=C1CCN(Cc2ccn(C3CCCCC3)n2)CC1. The van der Waals surface area contributed by atoms with Crippen molar-refractivity contribution in [2.24, 2.45) is 5.16 Å². The van der Waals surface area contributed by atoms with Crippen LogP contribution >= 0.6 is 0 Å². The Morgan fingerprint density at radius 1 is 1.20 bits per heavy atom. The Bertz CT molecular complexity index is 452. The summed E-state index contributed by atoms with van der Waals surface area (Å²) < 4.78 is 2.18. The second-order valence-corrected chi connectivity index (χ2v) is 6.02. The van der Waals surface area contributed by atoms with E-state index < -0.39 is 0 Å². The molecule has 1 aromatic rings. The van der Waals surface area contributed by atoms with Crippen molar-refractivity contribution in [2.45, 2.75) is 57.5 Å². The molecule has 2 aliphatic rings. The van der Waals surface area contributed by atoms with E-state index in [4.69, 9.17) is 10.3 Å². The summed E-state index contributed by atoms with van der Waals surface area (Å²) in [4.78, 5) is 2.39. The van der Waals surface area contributed by atoms with Gasteiger partial charge in [-0.2, -0.15) is 5.10 Å². The van der Waals surface area contributed by atoms with Crippen LogP contribution in [0.3, 0.4) is 0 Å². The third-order valence-corrected chi connectivity index (χ3v) is 4.57. The first-order valence-corrected chi connectivity index (χ1v) is 7.81. The maximum Gasteiger partial charge on any atom is 0.0764 e. The van der Waals surface area contributed by atoms with Crippen LogP contribution in [0.25, 0.3) is 0 Å². The zero-order valence-corrected chi connectivity index (χ0v) is 12.0. The van der Waals surface area contributed by atoms with E-state index in [0.717, 1.165) is 38.2 Å². The molecule has 3 rings (SSSR count). The van der Waals surface area contributed by atoms with Crippen LogP contribution in [0.2, 0.25) is 0 Å². The van der Waals surface area contributed by atoms with Crippen LogP contribution in [-0.4, -0.2) is 38.7 Å². The number of hydrogen-bond acceptors (Lipinski definition) is 4. The first kappa shape index (κ1) is 13.6. The quantitative estimate of drug-likeness (QED) is 0.682. The molecule has 0 atom stereocenters. The Hall–Kier alpha value is -1.36. The van der Waals surface area contributed by atoms with Crippen molar-refractivity contribution in [3.8, 4) is 0 Å². The van der Waals surface area contributed by atoms with Crippen molar-refractivity contribution in [3.05, 3.63) is 18.0 Å². The van der Waals surface area contributed by atoms with Gasteiger partial charge in [0.05, 0.1) is 17.4 Å². The topological polar surface area (TPSA) is 53.7 Å². The lowest BCUT2D eigenvalue weighted by Gasteiger charge is -2.26. The maximum absolute atomic E-state index is 8.77. The summed E-state index contributed by atoms with van der Waals surface area (Å²) >= 11 is 0. The first-order valence-electron chi connectivity index (χ1n) is 7.81. The van der Waals surface area contributed by atoms with Gasteiger partial charge in [-0.05, 0) is 18.9 Å². The molecule has 5 nitrogen and oxygen atoms in total. The number of piperidine rings is 1. The second kappa shape index (κ2) is 6.39. The van der Waals surface area contributed by atoms with Crippen LogP contribution in [0.5, 0.6) is 0 Å². The van der Waals surface area contributed by atoms with E-state index in [1.807, 2.05) is 0 Å². The predicted molar refractivity (Wildman–Crippen MR) is 78.1 cm³/mol. The van der Waals surface area contributed by atoms with Gasteiger partial charge in [0.25, 0.3) is 0 Å². The van der Waals surface area contributed by atoms with Gasteiger partial charge in [-0.3, -0.25) is 9.58 Å². The van der Waals surface area contributed by atoms with Crippen molar-refractivity contribution in [2.75, 3.05) is 13.1 Å². The van der Waals surface area contributed by atoms with Crippen molar-refractivity contribution >= 4 is 5.71 Å². The second-order valence-electron chi connectivity index (χ2n) is 6.02. The van der Waals surface area contributed by atoms with Gasteiger partial charge in [0.1, 0.15) is 0 Å². The van der Waals surface area contributed by atoms with Crippen LogP contribution in [-0.2, 0) is 6.54 Å². The molecular weight excluding hydrogens is 252 g/mol. The van der Waals surface area contributed by atoms with Gasteiger partial charge in [0.2, 0.25) is 0 Å². The van der Waals surface area contributed by atoms with E-state index in [1.54, 1.807) is 0 Å². The third-order valence-electron chi connectivity index (χ3n) is 4.57. The molecule has 1 saturated heterocycles. The van der Waals surface area contributed by atoms with E-state index in [-0.39, 0.29) is 0 Å². The molecule has 5 heteroatoms. The fraction of sp³-hybridized carbons (Fsp3) is 0.733. The highest BCUT2D eigenvalue weighted by atomic mass is 16.4. The molecule has 1 aliphatic heterocycles. The summed E-state index contributed by atoms with van der Waals surface area (Å²) in [7, 11) is 0. The van der Waals surface area contributed by atoms with Crippen molar-refractivity contribution in [1.29, 1.82) is 0 Å². The molecule has 2 heterocycles. The fourth-order valence-electron chi connectivity index (χ4n) is 3.31. The number of nitrogens with zero attached hydrogens (tertiary/aromatic N) is 4. The molecule has 0 amide bonds. The summed E-state index contributed by atoms with van der Waals surface area (Å²) in [5, 5.41) is 16.9. The summed E-state index contributed by atoms with van der Waals surface area (Å²) in [6.07, 6.45) is 10.5. The molecule has 0 bridgehead atoms. The minimum atomic E-state index is 0.618. The fourth-order valence-corrected chi connectivity index (χ4v) is 3.31. The lowest BCUT2D eigenvalue weighted by Crippen LogP contribution is -2.33. The van der Waals surface area contributed by atoms with Crippen molar-refractivity contribution in [3.63, 3.8) is 0 Å². The lowest BCUT2D eigenvalue weighted by atomic mass is 9.96. The number of rotatable bonds is 3. The van der Waals surface area contributed by atoms with Crippen molar-refractivity contribution < 1.29 is 5.21 Å². The molecule has 1 aromatic heterocycles. The molecule has 2 fully saturated rings. The van der Waals surface area contributed by atoms with E-state index in [1.165, 1.54) is 37.8 Å². The Kier molecular flexibility index (Phi) is 4.35. The monoisotopic (exact) mass is 276 g/mol. The molecule has 1 aliphatic carbocycles. The van der Waals surface area contributed by atoms with Gasteiger partial charge in [0, 0.05) is 38.7 Å². The minimum Gasteiger partial charge on any atom is -0.411 e. The first-order chi connectivity index (χ1) is 9.85. The van der Waals surface area contributed by atoms with E-state index in [9.17, 15) is 0 Å². The number of aromatic nitrogens is 2. The normalized spacial score (nSPS) is 22.1. The largest absolute Gasteiger partial charge is 0.411 e. The smallest absolute Gasteiger partial charge is 0.0764 e. The summed E-state index contributed by atoms with van der Waals surface area (Å²) in [5.74, 6) is 0. The van der Waals surface area contributed by atoms with Gasteiger partial charge < -0.3 is 5.21 Å². The van der Waals surface area contributed by atoms with Gasteiger partial charge >= 0.3 is 0 Å². The van der Waals surface area contributed by atoms with Crippen LogP contribution in [0.1, 0.15) is 56.7 Å². The van der Waals surface area contributed by atoms with E-state index >= 15 is 0 Å². The average Bonchev–Trinajstić information content (AvgIpc) is 2.97. The molecule has 0 spiro atoms. The summed E-state index contributed by atoms with van der Waals surface area (Å²) in [5.41, 5.74) is 2.09. The number of hydrogen-bond donors (Lipinski definition) is 1. The van der Waals surface area contributed by atoms with Gasteiger partial charge in [-0.25, -0.2) is 0 Å². The highest BCUT2D eigenvalue weighted by Crippen LogP contribution is 2.27. The van der Waals surface area contributed by atoms with Crippen LogP contribution in [0, 0.1) is 0 Å². The molecular formula is C15H24N4O. The predicted octanol–water partition coefficient (Wildman–Crippen LogP) is 2.81. The molecule has 110 valence electrons. The van der Waals surface area contributed by atoms with Crippen LogP contribution in [0.4, 0.5) is 0 Å². The van der Waals surface area contributed by atoms with Gasteiger partial charge in [-0.1, -0.05) is 24.4 Å². The molecule has 0 radical (unpaired) electrons. The lowest BCUT2D eigenvalue weighted by molar-refractivity contribution is 0.251. The zero-order valence-electron chi connectivity index (χ0n) is 12.0. The summed E-state index contributed by atoms with van der Waals surface area (Å²) in [6.45, 7) is 2.85. The third kappa shape index (κ3) is 3.20. The standard InChI is InChI=1S/C15H24N4O/c20-17-13-6-9-18(10-7-13)12-14-8-11-19(16-14)15-4-2-1-3-5-15/h8,11,15,20H,1-7,9-10,12H2. The number of likely N-dealkylation sites (tertiary alicyclic amines) is 1. The van der Waals surface area contributed by atoms with Gasteiger partial charge in [-0.15, -0.1) is 0 Å². The molecule has 1 saturated carbocycles. The summed E-state index contributed by atoms with van der Waals surface area (Å²) in [6, 6.07) is 2.77. The van der Waals surface area contributed by atoms with Crippen molar-refractivity contribution in [1.82, 2.24) is 14.7 Å². The Balaban J connectivity index is 1.54. The average molecular weight is 276 g/mol. The Morgan fingerprint density at radius 2 is 1.95 bits per heavy atom. The van der Waals surface area contributed by atoms with Gasteiger partial charge in [0.15, 0.2) is 0 Å². The van der Waals surface area contributed by atoms with Crippen LogP contribution in [0.15, 0.2) is 17.4 Å². The zero-order chi connectivity index (χ0) is 13.8. The number of oxime groups is 1. The maximum atomic E-state index is 8.77. The highest BCUT2D eigenvalue weighted by Gasteiger charge is 2.18. The molecule has 20 heavy (non-hydrogen) atoms. The van der Waals surface area contributed by atoms with E-state index in [0.29, 0.717) is 6.04 Å². The molecule has 0 aromatic carbocycles. The molecule has 0 unspecified atom stereocenters. The highest BCUT2D eigenvalue weighted by molar-refractivity contribution is 5.84. The Morgan fingerprint density at radius 3 is 2.65 bits per heavy atom. The van der Waals surface area contributed by atoms with E-state index in [2.05, 4.69) is 27.0 Å². The minimum absolute atomic E-state index is 0.618. The van der Waals surface area contributed by atoms with Crippen LogP contribution < -0.4 is 0 Å². The Labute approximate surface area is 120 Å². The molecule has 1 N–H and O–H groups in total.